The first-order valence-corrected chi connectivity index (χ1v) is 9.91. The van der Waals surface area contributed by atoms with Gasteiger partial charge < -0.3 is 20.3 Å². The van der Waals surface area contributed by atoms with E-state index in [9.17, 15) is 4.79 Å². The number of aryl methyl sites for hydroxylation is 2. The van der Waals surface area contributed by atoms with Gasteiger partial charge in [-0.15, -0.1) is 0 Å². The number of nitrogens with one attached hydrogen (secondary N) is 2. The summed E-state index contributed by atoms with van der Waals surface area (Å²) in [6.07, 6.45) is 3.23. The Hall–Kier alpha value is -2.93. The number of hydrogen-bond donors (Lipinski definition) is 2. The van der Waals surface area contributed by atoms with Gasteiger partial charge >= 0.3 is 0 Å². The molecule has 1 unspecified atom stereocenters. The predicted octanol–water partition coefficient (Wildman–Crippen LogP) is 2.08. The summed E-state index contributed by atoms with van der Waals surface area (Å²) in [7, 11) is 1.78. The Kier molecular flexibility index (Phi) is 7.19. The lowest BCUT2D eigenvalue weighted by Gasteiger charge is -2.35. The molecule has 1 aliphatic heterocycles. The van der Waals surface area contributed by atoms with Crippen molar-refractivity contribution in [2.45, 2.75) is 20.0 Å². The fraction of sp³-hybridized carbons (Fsp3) is 0.409. The molecule has 1 saturated heterocycles. The summed E-state index contributed by atoms with van der Waals surface area (Å²) in [6.45, 7) is 7.49. The van der Waals surface area contributed by atoms with Crippen LogP contribution in [0, 0.1) is 13.8 Å². The SMILES string of the molecule is CN=C(NCCNC(=O)c1cccnc1)N1CCOC(c2ccc(C)cc2C)C1. The smallest absolute Gasteiger partial charge is 0.252 e. The molecule has 29 heavy (non-hydrogen) atoms. The summed E-state index contributed by atoms with van der Waals surface area (Å²) in [4.78, 5) is 22.7. The molecule has 0 spiro atoms. The number of benzene rings is 1. The quantitative estimate of drug-likeness (QED) is 0.460. The number of aromatic nitrogens is 1. The first kappa shape index (κ1) is 20.8. The lowest BCUT2D eigenvalue weighted by molar-refractivity contribution is -0.00829. The highest BCUT2D eigenvalue weighted by molar-refractivity contribution is 5.93. The van der Waals surface area contributed by atoms with Crippen molar-refractivity contribution >= 4 is 11.9 Å². The fourth-order valence-electron chi connectivity index (χ4n) is 3.50. The molecule has 154 valence electrons. The Morgan fingerprint density at radius 1 is 1.28 bits per heavy atom. The Balaban J connectivity index is 1.51. The molecule has 2 N–H and O–H groups in total. The van der Waals surface area contributed by atoms with Crippen LogP contribution in [0.15, 0.2) is 47.7 Å². The molecule has 0 bridgehead atoms. The van der Waals surface area contributed by atoms with Crippen molar-refractivity contribution < 1.29 is 9.53 Å². The van der Waals surface area contributed by atoms with Crippen molar-refractivity contribution in [1.29, 1.82) is 0 Å². The molecule has 2 heterocycles. The first-order valence-electron chi connectivity index (χ1n) is 9.91. The van der Waals surface area contributed by atoms with E-state index in [1.54, 1.807) is 31.6 Å². The zero-order valence-corrected chi connectivity index (χ0v) is 17.3. The number of hydrogen-bond acceptors (Lipinski definition) is 4. The van der Waals surface area contributed by atoms with Gasteiger partial charge in [-0.3, -0.25) is 14.8 Å². The van der Waals surface area contributed by atoms with E-state index in [4.69, 9.17) is 4.74 Å². The van der Waals surface area contributed by atoms with Gasteiger partial charge in [-0.05, 0) is 37.1 Å². The third-order valence-corrected chi connectivity index (χ3v) is 4.97. The molecule has 1 aromatic carbocycles. The van der Waals surface area contributed by atoms with Crippen LogP contribution in [0.1, 0.15) is 33.2 Å². The number of guanidine groups is 1. The second-order valence-electron chi connectivity index (χ2n) is 7.14. The van der Waals surface area contributed by atoms with Gasteiger partial charge in [-0.2, -0.15) is 0 Å². The number of pyridine rings is 1. The summed E-state index contributed by atoms with van der Waals surface area (Å²) in [5.74, 6) is 0.690. The monoisotopic (exact) mass is 395 g/mol. The maximum atomic E-state index is 12.1. The van der Waals surface area contributed by atoms with Crippen molar-refractivity contribution in [2.24, 2.45) is 4.99 Å². The van der Waals surface area contributed by atoms with E-state index in [1.807, 2.05) is 0 Å². The van der Waals surface area contributed by atoms with E-state index < -0.39 is 0 Å². The van der Waals surface area contributed by atoms with Crippen LogP contribution < -0.4 is 10.6 Å². The zero-order valence-electron chi connectivity index (χ0n) is 17.3. The summed E-state index contributed by atoms with van der Waals surface area (Å²) in [6, 6.07) is 9.97. The number of ether oxygens (including phenoxy) is 1. The lowest BCUT2D eigenvalue weighted by atomic mass is 10.00. The van der Waals surface area contributed by atoms with Gasteiger partial charge in [0.25, 0.3) is 5.91 Å². The summed E-state index contributed by atoms with van der Waals surface area (Å²) >= 11 is 0. The zero-order chi connectivity index (χ0) is 20.6. The number of nitrogens with zero attached hydrogens (tertiary/aromatic N) is 3. The number of carbonyl (C=O) groups excluding carboxylic acids is 1. The minimum atomic E-state index is -0.129. The molecule has 0 radical (unpaired) electrons. The molecule has 0 aliphatic carbocycles. The summed E-state index contributed by atoms with van der Waals surface area (Å²) in [5.41, 5.74) is 4.28. The van der Waals surface area contributed by atoms with Crippen LogP contribution in [-0.4, -0.2) is 61.6 Å². The molecule has 0 saturated carbocycles. The van der Waals surface area contributed by atoms with E-state index in [0.717, 1.165) is 19.0 Å². The highest BCUT2D eigenvalue weighted by Crippen LogP contribution is 2.25. The topological polar surface area (TPSA) is 78.8 Å². The number of aliphatic imine (C=N–C) groups is 1. The van der Waals surface area contributed by atoms with E-state index in [2.05, 4.69) is 57.6 Å². The van der Waals surface area contributed by atoms with Crippen LogP contribution >= 0.6 is 0 Å². The van der Waals surface area contributed by atoms with Crippen LogP contribution in [0.25, 0.3) is 0 Å². The second kappa shape index (κ2) is 10.0. The molecule has 1 aliphatic rings. The van der Waals surface area contributed by atoms with Gasteiger partial charge in [0.15, 0.2) is 5.96 Å². The number of morpholine rings is 1. The normalized spacial score (nSPS) is 17.1. The average Bonchev–Trinajstić information content (AvgIpc) is 2.74. The molecule has 2 aromatic rings. The Morgan fingerprint density at radius 3 is 2.83 bits per heavy atom. The van der Waals surface area contributed by atoms with Crippen LogP contribution in [-0.2, 0) is 4.74 Å². The van der Waals surface area contributed by atoms with Crippen LogP contribution in [0.4, 0.5) is 0 Å². The Morgan fingerprint density at radius 2 is 2.10 bits per heavy atom. The molecular weight excluding hydrogens is 366 g/mol. The Labute approximate surface area is 172 Å². The van der Waals surface area contributed by atoms with Gasteiger partial charge in [0.2, 0.25) is 0 Å². The van der Waals surface area contributed by atoms with Gasteiger partial charge in [0.1, 0.15) is 6.10 Å². The number of carbonyl (C=O) groups is 1. The minimum absolute atomic E-state index is 0.0215. The van der Waals surface area contributed by atoms with Crippen LogP contribution in [0.5, 0.6) is 0 Å². The molecule has 3 rings (SSSR count). The fourth-order valence-corrected chi connectivity index (χ4v) is 3.50. The molecule has 7 nitrogen and oxygen atoms in total. The van der Waals surface area contributed by atoms with Crippen molar-refractivity contribution in [2.75, 3.05) is 39.8 Å². The third kappa shape index (κ3) is 5.54. The minimum Gasteiger partial charge on any atom is -0.370 e. The molecule has 1 amide bonds. The standard InChI is InChI=1S/C22H29N5O2/c1-16-6-7-19(17(2)13-16)20-15-27(11-12-29-20)22(23-3)26-10-9-25-21(28)18-5-4-8-24-14-18/h4-8,13-14,20H,9-12,15H2,1-3H3,(H,23,26)(H,25,28). The maximum Gasteiger partial charge on any atom is 0.252 e. The van der Waals surface area contributed by atoms with Crippen molar-refractivity contribution in [3.8, 4) is 0 Å². The third-order valence-electron chi connectivity index (χ3n) is 4.97. The van der Waals surface area contributed by atoms with Crippen molar-refractivity contribution in [1.82, 2.24) is 20.5 Å². The maximum absolute atomic E-state index is 12.1. The first-order chi connectivity index (χ1) is 14.1. The molecular formula is C22H29N5O2. The number of rotatable bonds is 5. The van der Waals surface area contributed by atoms with Crippen molar-refractivity contribution in [3.63, 3.8) is 0 Å². The summed E-state index contributed by atoms with van der Waals surface area (Å²) < 4.78 is 6.03. The van der Waals surface area contributed by atoms with Crippen molar-refractivity contribution in [3.05, 3.63) is 65.0 Å². The summed E-state index contributed by atoms with van der Waals surface area (Å²) in [5, 5.41) is 6.22. The highest BCUT2D eigenvalue weighted by atomic mass is 16.5. The van der Waals surface area contributed by atoms with Crippen LogP contribution in [0.3, 0.4) is 0 Å². The van der Waals surface area contributed by atoms with Crippen LogP contribution in [0.2, 0.25) is 0 Å². The van der Waals surface area contributed by atoms with Gasteiger partial charge in [-0.1, -0.05) is 23.8 Å². The number of amides is 1. The average molecular weight is 396 g/mol. The molecule has 1 fully saturated rings. The molecule has 1 atom stereocenters. The van der Waals surface area contributed by atoms with Gasteiger partial charge in [0, 0.05) is 39.1 Å². The second-order valence-corrected chi connectivity index (χ2v) is 7.14. The van der Waals surface area contributed by atoms with Gasteiger partial charge in [-0.25, -0.2) is 0 Å². The highest BCUT2D eigenvalue weighted by Gasteiger charge is 2.25. The van der Waals surface area contributed by atoms with E-state index in [0.29, 0.717) is 25.3 Å². The molecule has 7 heteroatoms. The van der Waals surface area contributed by atoms with E-state index >= 15 is 0 Å². The largest absolute Gasteiger partial charge is 0.370 e. The lowest BCUT2D eigenvalue weighted by Crippen LogP contribution is -2.49. The Bertz CT molecular complexity index is 854. The van der Waals surface area contributed by atoms with E-state index in [-0.39, 0.29) is 12.0 Å². The van der Waals surface area contributed by atoms with Gasteiger partial charge in [0.05, 0.1) is 18.7 Å². The predicted molar refractivity (Wildman–Crippen MR) is 114 cm³/mol. The van der Waals surface area contributed by atoms with E-state index in [1.165, 1.54) is 16.7 Å². The molecule has 1 aromatic heterocycles.